The largest absolute Gasteiger partial charge is 0.483 e. The van der Waals surface area contributed by atoms with Crippen molar-refractivity contribution in [2.45, 2.75) is 19.9 Å². The summed E-state index contributed by atoms with van der Waals surface area (Å²) in [6, 6.07) is 12.9. The molecule has 7 heteroatoms. The van der Waals surface area contributed by atoms with Crippen molar-refractivity contribution in [2.75, 3.05) is 6.61 Å². The Bertz CT molecular complexity index is 891. The first-order valence-corrected chi connectivity index (χ1v) is 8.14. The van der Waals surface area contributed by atoms with E-state index < -0.39 is 0 Å². The number of amides is 1. The minimum absolute atomic E-state index is 0.0387. The fourth-order valence-electron chi connectivity index (χ4n) is 2.33. The van der Waals surface area contributed by atoms with E-state index in [1.807, 2.05) is 19.9 Å². The summed E-state index contributed by atoms with van der Waals surface area (Å²) in [6.07, 6.45) is 0. The third kappa shape index (κ3) is 4.24. The van der Waals surface area contributed by atoms with Crippen LogP contribution in [0.5, 0.6) is 5.75 Å². The maximum absolute atomic E-state index is 13.0. The summed E-state index contributed by atoms with van der Waals surface area (Å²) in [5, 5.41) is 6.72. The van der Waals surface area contributed by atoms with Gasteiger partial charge in [0.15, 0.2) is 6.61 Å². The first kappa shape index (κ1) is 17.6. The minimum Gasteiger partial charge on any atom is -0.483 e. The zero-order valence-corrected chi connectivity index (χ0v) is 14.4. The maximum Gasteiger partial charge on any atom is 0.258 e. The monoisotopic (exact) mass is 355 g/mol. The molecule has 0 atom stereocenters. The number of nitrogens with one attached hydrogen (secondary N) is 1. The zero-order chi connectivity index (χ0) is 18.5. The molecule has 1 N–H and O–H groups in total. The Morgan fingerprint density at radius 2 is 1.92 bits per heavy atom. The Morgan fingerprint density at radius 3 is 2.65 bits per heavy atom. The molecule has 26 heavy (non-hydrogen) atoms. The van der Waals surface area contributed by atoms with E-state index >= 15 is 0 Å². The standard InChI is InChI=1S/C19H18FN3O3/c1-12(2)21-17(24)11-25-16-6-4-3-5-15(16)18-22-19(26-23-18)13-7-9-14(20)10-8-13/h3-10,12H,11H2,1-2H3,(H,21,24). The first-order chi connectivity index (χ1) is 12.5. The van der Waals surface area contributed by atoms with Crippen LogP contribution in [-0.2, 0) is 4.79 Å². The number of carbonyl (C=O) groups excluding carboxylic acids is 1. The predicted molar refractivity (Wildman–Crippen MR) is 93.9 cm³/mol. The summed E-state index contributed by atoms with van der Waals surface area (Å²) < 4.78 is 23.9. The summed E-state index contributed by atoms with van der Waals surface area (Å²) >= 11 is 0. The number of aromatic nitrogens is 2. The molecule has 1 aromatic heterocycles. The van der Waals surface area contributed by atoms with Gasteiger partial charge in [-0.2, -0.15) is 4.98 Å². The number of hydrogen-bond acceptors (Lipinski definition) is 5. The van der Waals surface area contributed by atoms with Crippen molar-refractivity contribution in [1.29, 1.82) is 0 Å². The second kappa shape index (κ2) is 7.77. The van der Waals surface area contributed by atoms with Gasteiger partial charge in [0, 0.05) is 11.6 Å². The van der Waals surface area contributed by atoms with Gasteiger partial charge in [-0.15, -0.1) is 0 Å². The van der Waals surface area contributed by atoms with Crippen LogP contribution in [0.15, 0.2) is 53.1 Å². The van der Waals surface area contributed by atoms with E-state index in [-0.39, 0.29) is 30.3 Å². The van der Waals surface area contributed by atoms with Crippen LogP contribution in [0.25, 0.3) is 22.8 Å². The number of rotatable bonds is 6. The van der Waals surface area contributed by atoms with Gasteiger partial charge in [-0.05, 0) is 50.2 Å². The molecule has 0 bridgehead atoms. The average molecular weight is 355 g/mol. The number of ether oxygens (including phenoxy) is 1. The van der Waals surface area contributed by atoms with Crippen molar-refractivity contribution in [3.05, 3.63) is 54.3 Å². The van der Waals surface area contributed by atoms with Crippen molar-refractivity contribution in [3.8, 4) is 28.6 Å². The summed E-state index contributed by atoms with van der Waals surface area (Å²) in [5.74, 6) is 0.510. The smallest absolute Gasteiger partial charge is 0.258 e. The van der Waals surface area contributed by atoms with Crippen molar-refractivity contribution in [3.63, 3.8) is 0 Å². The number of nitrogens with zero attached hydrogens (tertiary/aromatic N) is 2. The van der Waals surface area contributed by atoms with Crippen LogP contribution < -0.4 is 10.1 Å². The van der Waals surface area contributed by atoms with Gasteiger partial charge in [0.2, 0.25) is 5.82 Å². The average Bonchev–Trinajstić information content (AvgIpc) is 3.10. The van der Waals surface area contributed by atoms with Crippen LogP contribution in [-0.4, -0.2) is 28.7 Å². The van der Waals surface area contributed by atoms with Crippen LogP contribution in [0.1, 0.15) is 13.8 Å². The molecular formula is C19H18FN3O3. The van der Waals surface area contributed by atoms with Gasteiger partial charge >= 0.3 is 0 Å². The number of carbonyl (C=O) groups is 1. The van der Waals surface area contributed by atoms with E-state index in [1.54, 1.807) is 30.3 Å². The highest BCUT2D eigenvalue weighted by Crippen LogP contribution is 2.29. The second-order valence-electron chi connectivity index (χ2n) is 5.94. The minimum atomic E-state index is -0.341. The third-order valence-corrected chi connectivity index (χ3v) is 3.45. The molecule has 0 spiro atoms. The molecular weight excluding hydrogens is 337 g/mol. The van der Waals surface area contributed by atoms with Crippen molar-refractivity contribution >= 4 is 5.91 Å². The topological polar surface area (TPSA) is 77.2 Å². The van der Waals surface area contributed by atoms with Crippen molar-refractivity contribution in [1.82, 2.24) is 15.5 Å². The molecule has 1 heterocycles. The number of hydrogen-bond donors (Lipinski definition) is 1. The van der Waals surface area contributed by atoms with Gasteiger partial charge in [0.1, 0.15) is 11.6 Å². The number of para-hydroxylation sites is 1. The zero-order valence-electron chi connectivity index (χ0n) is 14.4. The molecule has 0 saturated carbocycles. The number of benzene rings is 2. The SMILES string of the molecule is CC(C)NC(=O)COc1ccccc1-c1noc(-c2ccc(F)cc2)n1. The van der Waals surface area contributed by atoms with Gasteiger partial charge in [0.25, 0.3) is 11.8 Å². The van der Waals surface area contributed by atoms with Gasteiger partial charge in [-0.25, -0.2) is 4.39 Å². The Kier molecular flexibility index (Phi) is 5.26. The van der Waals surface area contributed by atoms with Crippen LogP contribution in [0, 0.1) is 5.82 Å². The Morgan fingerprint density at radius 1 is 1.19 bits per heavy atom. The van der Waals surface area contributed by atoms with E-state index in [4.69, 9.17) is 9.26 Å². The van der Waals surface area contributed by atoms with E-state index in [9.17, 15) is 9.18 Å². The molecule has 0 aliphatic rings. The fraction of sp³-hybridized carbons (Fsp3) is 0.211. The molecule has 0 aliphatic heterocycles. The highest BCUT2D eigenvalue weighted by Gasteiger charge is 2.15. The molecule has 3 rings (SSSR count). The van der Waals surface area contributed by atoms with E-state index in [2.05, 4.69) is 15.5 Å². The molecule has 134 valence electrons. The predicted octanol–water partition coefficient (Wildman–Crippen LogP) is 3.45. The van der Waals surface area contributed by atoms with Gasteiger partial charge < -0.3 is 14.6 Å². The summed E-state index contributed by atoms with van der Waals surface area (Å²) in [5.41, 5.74) is 1.21. The molecule has 1 amide bonds. The van der Waals surface area contributed by atoms with Gasteiger partial charge in [-0.1, -0.05) is 17.3 Å². The lowest BCUT2D eigenvalue weighted by molar-refractivity contribution is -0.123. The highest BCUT2D eigenvalue weighted by molar-refractivity contribution is 5.78. The maximum atomic E-state index is 13.0. The van der Waals surface area contributed by atoms with E-state index in [0.717, 1.165) is 0 Å². The summed E-state index contributed by atoms with van der Waals surface area (Å²) in [4.78, 5) is 16.1. The highest BCUT2D eigenvalue weighted by atomic mass is 19.1. The lowest BCUT2D eigenvalue weighted by atomic mass is 10.2. The molecule has 0 radical (unpaired) electrons. The summed E-state index contributed by atoms with van der Waals surface area (Å²) in [6.45, 7) is 3.64. The van der Waals surface area contributed by atoms with Crippen molar-refractivity contribution < 1.29 is 18.4 Å². The lowest BCUT2D eigenvalue weighted by Gasteiger charge is -2.11. The lowest BCUT2D eigenvalue weighted by Crippen LogP contribution is -2.34. The van der Waals surface area contributed by atoms with Gasteiger partial charge in [0.05, 0.1) is 5.56 Å². The fourth-order valence-corrected chi connectivity index (χ4v) is 2.33. The second-order valence-corrected chi connectivity index (χ2v) is 5.94. The van der Waals surface area contributed by atoms with Crippen molar-refractivity contribution in [2.24, 2.45) is 0 Å². The first-order valence-electron chi connectivity index (χ1n) is 8.14. The quantitative estimate of drug-likeness (QED) is 0.733. The summed E-state index contributed by atoms with van der Waals surface area (Å²) in [7, 11) is 0. The van der Waals surface area contributed by atoms with Crippen LogP contribution in [0.2, 0.25) is 0 Å². The Hall–Kier alpha value is -3.22. The molecule has 0 fully saturated rings. The Labute approximate surface area is 150 Å². The van der Waals surface area contributed by atoms with Crippen LogP contribution in [0.3, 0.4) is 0 Å². The van der Waals surface area contributed by atoms with E-state index in [0.29, 0.717) is 22.7 Å². The Balaban J connectivity index is 1.80. The van der Waals surface area contributed by atoms with E-state index in [1.165, 1.54) is 12.1 Å². The van der Waals surface area contributed by atoms with Crippen LogP contribution >= 0.6 is 0 Å². The molecule has 3 aromatic rings. The molecule has 0 saturated heterocycles. The van der Waals surface area contributed by atoms with Crippen LogP contribution in [0.4, 0.5) is 4.39 Å². The molecule has 2 aromatic carbocycles. The molecule has 6 nitrogen and oxygen atoms in total. The normalized spacial score (nSPS) is 10.8. The van der Waals surface area contributed by atoms with Gasteiger partial charge in [-0.3, -0.25) is 4.79 Å². The molecule has 0 aliphatic carbocycles. The number of halogens is 1. The molecule has 0 unspecified atom stereocenters. The third-order valence-electron chi connectivity index (χ3n) is 3.45.